The molecular weight excluding hydrogens is 627 g/mol. The average molecular weight is 660 g/mol. The van der Waals surface area contributed by atoms with E-state index in [-0.39, 0.29) is 54.5 Å². The minimum absolute atomic E-state index is 0.00883. The van der Waals surface area contributed by atoms with Crippen molar-refractivity contribution in [2.75, 3.05) is 37.2 Å². The average Bonchev–Trinajstić information content (AvgIpc) is 3.08. The van der Waals surface area contributed by atoms with Crippen LogP contribution < -0.4 is 26.7 Å². The Hall–Kier alpha value is -5.88. The minimum Gasteiger partial charge on any atom is -0.469 e. The summed E-state index contributed by atoms with van der Waals surface area (Å²) in [5, 5.41) is 23.6. The topological polar surface area (TPSA) is 241 Å². The lowest BCUT2D eigenvalue weighted by atomic mass is 9.80. The first-order valence-corrected chi connectivity index (χ1v) is 14.4. The molecule has 0 unspecified atom stereocenters. The van der Waals surface area contributed by atoms with Gasteiger partial charge in [0.15, 0.2) is 17.0 Å². The van der Waals surface area contributed by atoms with Crippen molar-refractivity contribution in [1.82, 2.24) is 25.3 Å². The van der Waals surface area contributed by atoms with Gasteiger partial charge in [-0.25, -0.2) is 19.6 Å². The summed E-state index contributed by atoms with van der Waals surface area (Å²) in [6, 6.07) is 11.7. The van der Waals surface area contributed by atoms with Crippen molar-refractivity contribution < 1.29 is 43.4 Å². The molecule has 4 rings (SSSR count). The molecule has 6 N–H and O–H groups in total. The van der Waals surface area contributed by atoms with Crippen molar-refractivity contribution in [2.24, 2.45) is 0 Å². The van der Waals surface area contributed by atoms with Crippen LogP contribution in [0.15, 0.2) is 54.7 Å². The minimum atomic E-state index is -1.61. The third-order valence-corrected chi connectivity index (χ3v) is 6.97. The van der Waals surface area contributed by atoms with Crippen LogP contribution in [0.2, 0.25) is 0 Å². The second-order valence-corrected chi connectivity index (χ2v) is 10.3. The SMILES string of the molecule is COC(=O)CC[C@H](NC(=O)c1ccc(N(C)Cc2cnc3nc(N)nc(NC(=O)OCc4ccc(B(O)O)cc4)c3n2)cc1)C(=O)OC. The predicted molar refractivity (Wildman–Crippen MR) is 173 cm³/mol. The number of benzene rings is 2. The van der Waals surface area contributed by atoms with Crippen LogP contribution in [0.25, 0.3) is 11.2 Å². The summed E-state index contributed by atoms with van der Waals surface area (Å²) in [6.45, 7) is 0.161. The Labute approximate surface area is 274 Å². The number of nitrogens with one attached hydrogen (secondary N) is 2. The highest BCUT2D eigenvalue weighted by Crippen LogP contribution is 2.21. The van der Waals surface area contributed by atoms with Crippen LogP contribution >= 0.6 is 0 Å². The Morgan fingerprint density at radius 3 is 2.33 bits per heavy atom. The van der Waals surface area contributed by atoms with Gasteiger partial charge in [0, 0.05) is 24.7 Å². The zero-order valence-corrected chi connectivity index (χ0v) is 26.2. The van der Waals surface area contributed by atoms with Gasteiger partial charge >= 0.3 is 25.2 Å². The van der Waals surface area contributed by atoms with Crippen LogP contribution in [-0.2, 0) is 37.0 Å². The number of carbonyl (C=O) groups is 4. The van der Waals surface area contributed by atoms with Gasteiger partial charge in [-0.2, -0.15) is 9.97 Å². The number of anilines is 3. The quantitative estimate of drug-likeness (QED) is 0.0735. The molecule has 2 aromatic carbocycles. The van der Waals surface area contributed by atoms with Crippen LogP contribution in [0.5, 0.6) is 0 Å². The van der Waals surface area contributed by atoms with Crippen LogP contribution in [-0.4, -0.2) is 88.4 Å². The Kier molecular flexibility index (Phi) is 11.7. The Morgan fingerprint density at radius 2 is 1.69 bits per heavy atom. The van der Waals surface area contributed by atoms with E-state index in [1.807, 2.05) is 4.90 Å². The van der Waals surface area contributed by atoms with Crippen LogP contribution in [0.1, 0.15) is 34.5 Å². The number of hydrogen-bond acceptors (Lipinski definition) is 15. The fourth-order valence-electron chi connectivity index (χ4n) is 4.39. The first-order chi connectivity index (χ1) is 23.0. The van der Waals surface area contributed by atoms with E-state index in [9.17, 15) is 29.2 Å². The summed E-state index contributed by atoms with van der Waals surface area (Å²) >= 11 is 0. The number of amides is 2. The molecule has 250 valence electrons. The van der Waals surface area contributed by atoms with Crippen molar-refractivity contribution >= 4 is 65.1 Å². The normalized spacial score (nSPS) is 11.3. The largest absolute Gasteiger partial charge is 0.488 e. The molecule has 17 nitrogen and oxygen atoms in total. The van der Waals surface area contributed by atoms with Gasteiger partial charge in [-0.3, -0.25) is 14.9 Å². The fraction of sp³-hybridized carbons (Fsp3) is 0.267. The molecule has 2 heterocycles. The Morgan fingerprint density at radius 1 is 0.979 bits per heavy atom. The summed E-state index contributed by atoms with van der Waals surface area (Å²) in [5.41, 5.74) is 8.54. The lowest BCUT2D eigenvalue weighted by Gasteiger charge is -2.20. The summed E-state index contributed by atoms with van der Waals surface area (Å²) < 4.78 is 14.6. The highest BCUT2D eigenvalue weighted by atomic mass is 16.5. The van der Waals surface area contributed by atoms with Gasteiger partial charge in [0.1, 0.15) is 12.6 Å². The first kappa shape index (κ1) is 35.0. The summed E-state index contributed by atoms with van der Waals surface area (Å²) in [4.78, 5) is 67.9. The number of rotatable bonds is 13. The number of fused-ring (bicyclic) bond motifs is 1. The number of methoxy groups -OCH3 is 2. The molecule has 48 heavy (non-hydrogen) atoms. The van der Waals surface area contributed by atoms with Crippen molar-refractivity contribution in [3.8, 4) is 0 Å². The van der Waals surface area contributed by atoms with E-state index in [0.717, 1.165) is 5.69 Å². The Bertz CT molecular complexity index is 1780. The van der Waals surface area contributed by atoms with E-state index in [1.54, 1.807) is 43.4 Å². The maximum Gasteiger partial charge on any atom is 0.488 e. The molecule has 0 aliphatic rings. The van der Waals surface area contributed by atoms with Gasteiger partial charge in [-0.05, 0) is 41.7 Å². The molecule has 2 amide bonds. The molecule has 0 radical (unpaired) electrons. The molecule has 0 aliphatic heterocycles. The summed E-state index contributed by atoms with van der Waals surface area (Å²) in [6.07, 6.45) is 0.606. The summed E-state index contributed by atoms with van der Waals surface area (Å²) in [7, 11) is 2.61. The van der Waals surface area contributed by atoms with Crippen molar-refractivity contribution in [3.05, 3.63) is 71.5 Å². The monoisotopic (exact) mass is 660 g/mol. The van der Waals surface area contributed by atoms with Crippen molar-refractivity contribution in [3.63, 3.8) is 0 Å². The molecule has 4 aromatic rings. The van der Waals surface area contributed by atoms with Gasteiger partial charge < -0.3 is 40.2 Å². The molecule has 0 fully saturated rings. The molecule has 18 heteroatoms. The standard InChI is InChI=1S/C30H33BN8O9/c1-39(21-10-6-18(7-11-21)27(41)35-22(28(42)47-3)12-13-23(40)46-2)15-20-14-33-25-24(34-20)26(37-29(32)36-25)38-30(43)48-16-17-4-8-19(9-5-17)31(44)45/h4-11,14,22,44-45H,12-13,15-16H2,1-3H3,(H,35,41)(H3,32,33,36,37,38,43)/t22-/m0/s1. The molecule has 0 saturated heterocycles. The zero-order chi connectivity index (χ0) is 34.8. The second kappa shape index (κ2) is 16.1. The van der Waals surface area contributed by atoms with Gasteiger partial charge in [0.05, 0.1) is 32.7 Å². The van der Waals surface area contributed by atoms with E-state index in [1.165, 1.54) is 32.5 Å². The third kappa shape index (κ3) is 9.33. The number of carbonyl (C=O) groups excluding carboxylic acids is 4. The highest BCUT2D eigenvalue weighted by molar-refractivity contribution is 6.58. The maximum atomic E-state index is 12.8. The third-order valence-electron chi connectivity index (χ3n) is 6.97. The predicted octanol–water partition coefficient (Wildman–Crippen LogP) is 0.292. The number of esters is 2. The number of aromatic nitrogens is 4. The van der Waals surface area contributed by atoms with E-state index >= 15 is 0 Å². The fourth-order valence-corrected chi connectivity index (χ4v) is 4.39. The van der Waals surface area contributed by atoms with Crippen molar-refractivity contribution in [1.29, 1.82) is 0 Å². The van der Waals surface area contributed by atoms with Crippen molar-refractivity contribution in [2.45, 2.75) is 32.0 Å². The van der Waals surface area contributed by atoms with E-state index in [0.29, 0.717) is 16.7 Å². The number of hydrogen-bond donors (Lipinski definition) is 5. The van der Waals surface area contributed by atoms with E-state index < -0.39 is 37.1 Å². The van der Waals surface area contributed by atoms with Gasteiger partial charge in [0.2, 0.25) is 5.95 Å². The molecule has 0 bridgehead atoms. The molecule has 0 aliphatic carbocycles. The first-order valence-electron chi connectivity index (χ1n) is 14.4. The van der Waals surface area contributed by atoms with Gasteiger partial charge in [-0.15, -0.1) is 0 Å². The smallest absolute Gasteiger partial charge is 0.469 e. The molecule has 0 spiro atoms. The highest BCUT2D eigenvalue weighted by Gasteiger charge is 2.23. The number of nitrogen functional groups attached to an aromatic ring is 1. The molecule has 2 aromatic heterocycles. The van der Waals surface area contributed by atoms with Crippen LogP contribution in [0, 0.1) is 0 Å². The van der Waals surface area contributed by atoms with Crippen LogP contribution in [0.4, 0.5) is 22.2 Å². The van der Waals surface area contributed by atoms with E-state index in [2.05, 4.69) is 35.3 Å². The number of ether oxygens (including phenoxy) is 3. The summed E-state index contributed by atoms with van der Waals surface area (Å²) in [5.74, 6) is -1.88. The number of nitrogens with zero attached hydrogens (tertiary/aromatic N) is 5. The molecule has 1 atom stereocenters. The van der Waals surface area contributed by atoms with E-state index in [4.69, 9.17) is 15.2 Å². The lowest BCUT2D eigenvalue weighted by Crippen LogP contribution is -2.41. The zero-order valence-electron chi connectivity index (χ0n) is 26.2. The number of nitrogens with two attached hydrogens (primary N) is 1. The van der Waals surface area contributed by atoms with Gasteiger partial charge in [0.25, 0.3) is 5.91 Å². The molecule has 0 saturated carbocycles. The van der Waals surface area contributed by atoms with Crippen LogP contribution in [0.3, 0.4) is 0 Å². The maximum absolute atomic E-state index is 12.8. The lowest BCUT2D eigenvalue weighted by molar-refractivity contribution is -0.144. The van der Waals surface area contributed by atoms with Gasteiger partial charge in [-0.1, -0.05) is 24.3 Å². The Balaban J connectivity index is 1.41. The molecular formula is C30H33BN8O9. The second-order valence-electron chi connectivity index (χ2n) is 10.3.